The van der Waals surface area contributed by atoms with Gasteiger partial charge >= 0.3 is 13.3 Å². The van der Waals surface area contributed by atoms with Crippen LogP contribution in [0.3, 0.4) is 0 Å². The molecule has 0 spiro atoms. The van der Waals surface area contributed by atoms with E-state index < -0.39 is 60.4 Å². The predicted molar refractivity (Wildman–Crippen MR) is 158 cm³/mol. The number of benzene rings is 1. The zero-order chi connectivity index (χ0) is 32.8. The van der Waals surface area contributed by atoms with Crippen LogP contribution in [0, 0.1) is 11.3 Å². The van der Waals surface area contributed by atoms with E-state index in [-0.39, 0.29) is 16.7 Å². The second-order valence-electron chi connectivity index (χ2n) is 15.4. The third-order valence-electron chi connectivity index (χ3n) is 11.3. The van der Waals surface area contributed by atoms with Gasteiger partial charge in [-0.15, -0.1) is 0 Å². The van der Waals surface area contributed by atoms with E-state index in [1.807, 2.05) is 39.8 Å². The highest BCUT2D eigenvalue weighted by Gasteiger charge is 2.63. The van der Waals surface area contributed by atoms with Crippen molar-refractivity contribution in [3.8, 4) is 0 Å². The van der Waals surface area contributed by atoms with Crippen LogP contribution >= 0.6 is 0 Å². The fourth-order valence-electron chi connectivity index (χ4n) is 7.35. The molecule has 13 heteroatoms. The van der Waals surface area contributed by atoms with Crippen LogP contribution in [0.2, 0.25) is 0 Å². The second kappa shape index (κ2) is 10.2. The standard InChI is InChI=1S/C32H42BF4N3O5/c1-26(2,34)25-38-24(39-43-25)30-13-10-29(11-14-30,12-15-30)19-40(23(41)20-17-31(42,18-20)32(35,36)37)22-9-7-8-21(16-22)33-44-27(3,4)28(5,6)45-33/h7-9,16,20,42H,10-15,17-19H2,1-6H3. The Kier molecular flexibility index (Phi) is 7.39. The molecule has 1 amide bonds. The van der Waals surface area contributed by atoms with Crippen LogP contribution in [0.1, 0.15) is 105 Å². The first-order valence-electron chi connectivity index (χ1n) is 15.8. The van der Waals surface area contributed by atoms with Crippen molar-refractivity contribution in [1.82, 2.24) is 10.1 Å². The molecule has 4 saturated carbocycles. The van der Waals surface area contributed by atoms with Gasteiger partial charge in [-0.1, -0.05) is 17.3 Å². The van der Waals surface area contributed by atoms with Crippen molar-refractivity contribution in [2.75, 3.05) is 11.4 Å². The monoisotopic (exact) mass is 635 g/mol. The molecule has 2 heterocycles. The van der Waals surface area contributed by atoms with Gasteiger partial charge in [0.1, 0.15) is 0 Å². The van der Waals surface area contributed by atoms with Crippen LogP contribution in [0.4, 0.5) is 23.2 Å². The van der Waals surface area contributed by atoms with Crippen LogP contribution < -0.4 is 10.4 Å². The summed E-state index contributed by atoms with van der Waals surface area (Å²) in [5, 5.41) is 14.3. The maximum atomic E-state index is 14.5. The van der Waals surface area contributed by atoms with Crippen molar-refractivity contribution < 1.29 is 41.3 Å². The number of amides is 1. The summed E-state index contributed by atoms with van der Waals surface area (Å²) in [4.78, 5) is 20.1. The zero-order valence-corrected chi connectivity index (χ0v) is 26.8. The largest absolute Gasteiger partial charge is 0.494 e. The summed E-state index contributed by atoms with van der Waals surface area (Å²) >= 11 is 0. The van der Waals surface area contributed by atoms with Gasteiger partial charge < -0.3 is 23.8 Å². The van der Waals surface area contributed by atoms with Crippen molar-refractivity contribution in [1.29, 1.82) is 0 Å². The Hall–Kier alpha value is -2.51. The Morgan fingerprint density at radius 3 is 2.09 bits per heavy atom. The van der Waals surface area contributed by atoms with E-state index in [4.69, 9.17) is 13.8 Å². The topological polar surface area (TPSA) is 97.9 Å². The number of hydrogen-bond donors (Lipinski definition) is 1. The number of nitrogens with zero attached hydrogens (tertiary/aromatic N) is 3. The molecule has 8 nitrogen and oxygen atoms in total. The van der Waals surface area contributed by atoms with Crippen molar-refractivity contribution >= 4 is 24.2 Å². The Balaban J connectivity index is 1.26. The van der Waals surface area contributed by atoms with E-state index in [9.17, 15) is 27.5 Å². The van der Waals surface area contributed by atoms with Crippen molar-refractivity contribution in [2.24, 2.45) is 11.3 Å². The summed E-state index contributed by atoms with van der Waals surface area (Å²) in [6, 6.07) is 7.26. The van der Waals surface area contributed by atoms with Crippen molar-refractivity contribution in [3.05, 3.63) is 36.0 Å². The lowest BCUT2D eigenvalue weighted by Crippen LogP contribution is -2.60. The van der Waals surface area contributed by atoms with E-state index in [2.05, 4.69) is 10.1 Å². The summed E-state index contributed by atoms with van der Waals surface area (Å²) in [7, 11) is -0.678. The van der Waals surface area contributed by atoms with Gasteiger partial charge in [-0.3, -0.25) is 4.79 Å². The highest BCUT2D eigenvalue weighted by Crippen LogP contribution is 2.58. The number of aromatic nitrogens is 2. The minimum atomic E-state index is -4.80. The molecule has 45 heavy (non-hydrogen) atoms. The van der Waals surface area contributed by atoms with Gasteiger partial charge in [0.05, 0.1) is 11.2 Å². The van der Waals surface area contributed by atoms with Gasteiger partial charge in [0.15, 0.2) is 17.1 Å². The van der Waals surface area contributed by atoms with Gasteiger partial charge in [-0.25, -0.2) is 4.39 Å². The average molecular weight is 636 g/mol. The molecule has 0 atom stereocenters. The minimum absolute atomic E-state index is 0.0488. The molecule has 5 fully saturated rings. The second-order valence-corrected chi connectivity index (χ2v) is 15.4. The number of aliphatic hydroxyl groups is 1. The number of rotatable bonds is 7. The molecule has 2 aromatic rings. The van der Waals surface area contributed by atoms with E-state index in [1.54, 1.807) is 17.0 Å². The minimum Gasteiger partial charge on any atom is -0.399 e. The van der Waals surface area contributed by atoms with Crippen molar-refractivity contribution in [3.63, 3.8) is 0 Å². The third-order valence-corrected chi connectivity index (χ3v) is 11.3. The number of carbonyl (C=O) groups is 1. The third kappa shape index (κ3) is 5.50. The lowest BCUT2D eigenvalue weighted by Gasteiger charge is -2.54. The quantitative estimate of drug-likeness (QED) is 0.299. The van der Waals surface area contributed by atoms with Crippen LogP contribution in [0.5, 0.6) is 0 Å². The number of halogens is 4. The number of carbonyl (C=O) groups excluding carboxylic acids is 1. The Morgan fingerprint density at radius 2 is 1.58 bits per heavy atom. The predicted octanol–water partition coefficient (Wildman–Crippen LogP) is 5.90. The number of hydrogen-bond acceptors (Lipinski definition) is 7. The van der Waals surface area contributed by atoms with E-state index >= 15 is 0 Å². The van der Waals surface area contributed by atoms with Gasteiger partial charge in [0, 0.05) is 23.6 Å². The Labute approximate surface area is 261 Å². The highest BCUT2D eigenvalue weighted by atomic mass is 19.4. The molecule has 1 saturated heterocycles. The van der Waals surface area contributed by atoms with E-state index in [0.717, 1.165) is 38.5 Å². The van der Waals surface area contributed by atoms with Gasteiger partial charge in [0.2, 0.25) is 5.91 Å². The smallest absolute Gasteiger partial charge is 0.399 e. The molecule has 4 aliphatic carbocycles. The maximum absolute atomic E-state index is 14.5. The molecule has 7 rings (SSSR count). The molecule has 0 unspecified atom stereocenters. The van der Waals surface area contributed by atoms with Crippen LogP contribution in [-0.4, -0.2) is 57.8 Å². The average Bonchev–Trinajstić information content (AvgIpc) is 3.53. The Bertz CT molecular complexity index is 1420. The first kappa shape index (κ1) is 32.4. The summed E-state index contributed by atoms with van der Waals surface area (Å²) in [6.45, 7) is 10.9. The SMILES string of the molecule is CC(C)(F)c1nc(C23CCC(CN(C(=O)C4CC(O)(C(F)(F)F)C4)c4cccc(B5OC(C)(C)C(C)(C)O5)c4)(CC2)CC3)no1. The summed E-state index contributed by atoms with van der Waals surface area (Å²) < 4.78 is 72.7. The van der Waals surface area contributed by atoms with Crippen molar-refractivity contribution in [2.45, 2.75) is 127 Å². The molecule has 5 aliphatic rings. The summed E-state index contributed by atoms with van der Waals surface area (Å²) in [5.74, 6) is -0.922. The maximum Gasteiger partial charge on any atom is 0.494 e. The van der Waals surface area contributed by atoms with Crippen LogP contribution in [0.15, 0.2) is 28.8 Å². The number of fused-ring (bicyclic) bond motifs is 3. The fraction of sp³-hybridized carbons (Fsp3) is 0.719. The molecule has 1 N–H and O–H groups in total. The van der Waals surface area contributed by atoms with Gasteiger partial charge in [-0.05, 0) is 116 Å². The molecular formula is C32H42BF4N3O5. The Morgan fingerprint density at radius 1 is 1.00 bits per heavy atom. The number of anilines is 1. The first-order valence-corrected chi connectivity index (χ1v) is 15.8. The van der Waals surface area contributed by atoms with E-state index in [1.165, 1.54) is 13.8 Å². The zero-order valence-electron chi connectivity index (χ0n) is 26.8. The normalized spacial score (nSPS) is 32.4. The summed E-state index contributed by atoms with van der Waals surface area (Å²) in [6.07, 6.45) is -1.71. The molecule has 1 aliphatic heterocycles. The van der Waals surface area contributed by atoms with E-state index in [0.29, 0.717) is 23.5 Å². The van der Waals surface area contributed by atoms with Gasteiger partial charge in [-0.2, -0.15) is 18.2 Å². The molecule has 2 bridgehead atoms. The number of alkyl halides is 4. The summed E-state index contributed by atoms with van der Waals surface area (Å²) in [5.41, 5.74) is -5.10. The van der Waals surface area contributed by atoms with Crippen LogP contribution in [-0.2, 0) is 25.2 Å². The molecule has 1 aromatic carbocycles. The molecular weight excluding hydrogens is 593 g/mol. The lowest BCUT2D eigenvalue weighted by molar-refractivity contribution is -0.295. The fourth-order valence-corrected chi connectivity index (χ4v) is 7.35. The molecule has 0 radical (unpaired) electrons. The van der Waals surface area contributed by atoms with Crippen LogP contribution in [0.25, 0.3) is 0 Å². The van der Waals surface area contributed by atoms with Gasteiger partial charge in [0.25, 0.3) is 5.89 Å². The molecule has 246 valence electrons. The first-order chi connectivity index (χ1) is 20.7. The highest BCUT2D eigenvalue weighted by molar-refractivity contribution is 6.62. The lowest BCUT2D eigenvalue weighted by atomic mass is 9.53. The molecule has 1 aromatic heterocycles.